The van der Waals surface area contributed by atoms with Gasteiger partial charge in [-0.25, -0.2) is 14.4 Å². The molecular formula is C23H15ClFN3O5. The van der Waals surface area contributed by atoms with Gasteiger partial charge >= 0.3 is 0 Å². The molecular weight excluding hydrogens is 453 g/mol. The van der Waals surface area contributed by atoms with Crippen molar-refractivity contribution in [2.45, 2.75) is 12.1 Å². The summed E-state index contributed by atoms with van der Waals surface area (Å²) in [4.78, 5) is 44.5. The summed E-state index contributed by atoms with van der Waals surface area (Å²) >= 11 is 6.42. The third-order valence-corrected chi connectivity index (χ3v) is 6.06. The largest absolute Gasteiger partial charge is 0.273 e. The maximum absolute atomic E-state index is 13.5. The summed E-state index contributed by atoms with van der Waals surface area (Å²) in [6.07, 6.45) is -1.18. The number of imide groups is 1. The van der Waals surface area contributed by atoms with E-state index in [2.05, 4.69) is 0 Å². The molecule has 0 aromatic heterocycles. The van der Waals surface area contributed by atoms with Gasteiger partial charge in [0.1, 0.15) is 11.7 Å². The van der Waals surface area contributed by atoms with Crippen molar-refractivity contribution in [3.05, 3.63) is 99.3 Å². The Balaban J connectivity index is 1.63. The molecule has 3 aromatic carbocycles. The molecule has 2 heterocycles. The van der Waals surface area contributed by atoms with Gasteiger partial charge in [0.2, 0.25) is 5.91 Å². The van der Waals surface area contributed by atoms with E-state index in [1.54, 1.807) is 30.3 Å². The second kappa shape index (κ2) is 7.95. The first-order chi connectivity index (χ1) is 15.9. The number of rotatable bonds is 4. The normalized spacial score (nSPS) is 22.1. The van der Waals surface area contributed by atoms with Gasteiger partial charge in [0, 0.05) is 22.7 Å². The van der Waals surface area contributed by atoms with Gasteiger partial charge in [0.05, 0.1) is 22.3 Å². The monoisotopic (exact) mass is 467 g/mol. The fourth-order valence-electron chi connectivity index (χ4n) is 4.25. The number of hydroxylamine groups is 1. The number of fused-ring (bicyclic) bond motifs is 1. The molecule has 2 aliphatic rings. The summed E-state index contributed by atoms with van der Waals surface area (Å²) < 4.78 is 13.4. The minimum Gasteiger partial charge on any atom is -0.273 e. The number of anilines is 2. The molecule has 0 bridgehead atoms. The highest BCUT2D eigenvalue weighted by molar-refractivity contribution is 6.31. The van der Waals surface area contributed by atoms with E-state index in [0.29, 0.717) is 5.69 Å². The van der Waals surface area contributed by atoms with Gasteiger partial charge in [0.15, 0.2) is 6.10 Å². The van der Waals surface area contributed by atoms with Crippen LogP contribution in [0.1, 0.15) is 11.6 Å². The van der Waals surface area contributed by atoms with Crippen LogP contribution < -0.4 is 9.96 Å². The number of benzene rings is 3. The molecule has 2 aliphatic heterocycles. The first kappa shape index (κ1) is 21.0. The number of amides is 2. The summed E-state index contributed by atoms with van der Waals surface area (Å²) in [5.41, 5.74) is 0.829. The molecule has 0 spiro atoms. The Kier molecular flexibility index (Phi) is 5.07. The van der Waals surface area contributed by atoms with Gasteiger partial charge in [-0.3, -0.25) is 24.5 Å². The van der Waals surface area contributed by atoms with E-state index in [1.165, 1.54) is 35.4 Å². The molecule has 0 N–H and O–H groups in total. The fraction of sp³-hybridized carbons (Fsp3) is 0.130. The van der Waals surface area contributed by atoms with E-state index < -0.39 is 40.6 Å². The Labute approximate surface area is 191 Å². The standard InChI is InChI=1S/C23H15ClFN3O5/c24-18-11-10-16(28(31)32)12-17(18)20-19-21(33-27(20)15-4-2-1-3-5-15)23(30)26(22(19)29)14-8-6-13(25)7-9-14/h1-12,19-21H/t19-,20+,21-/m1/s1. The number of nitro groups is 1. The van der Waals surface area contributed by atoms with Crippen molar-refractivity contribution in [1.82, 2.24) is 0 Å². The lowest BCUT2D eigenvalue weighted by molar-refractivity contribution is -0.384. The number of nitro benzene ring substituents is 1. The average Bonchev–Trinajstić information content (AvgIpc) is 3.31. The third kappa shape index (κ3) is 3.42. The van der Waals surface area contributed by atoms with E-state index >= 15 is 0 Å². The fourth-order valence-corrected chi connectivity index (χ4v) is 4.47. The van der Waals surface area contributed by atoms with Crippen LogP contribution in [0.25, 0.3) is 0 Å². The van der Waals surface area contributed by atoms with Crippen LogP contribution in [0.15, 0.2) is 72.8 Å². The Morgan fingerprint density at radius 2 is 1.64 bits per heavy atom. The number of hydrogen-bond donors (Lipinski definition) is 0. The van der Waals surface area contributed by atoms with Crippen LogP contribution in [0.4, 0.5) is 21.5 Å². The van der Waals surface area contributed by atoms with Gasteiger partial charge in [0.25, 0.3) is 11.6 Å². The van der Waals surface area contributed by atoms with Crippen LogP contribution in [-0.4, -0.2) is 22.8 Å². The summed E-state index contributed by atoms with van der Waals surface area (Å²) in [6, 6.07) is 16.7. The quantitative estimate of drug-likeness (QED) is 0.320. The smallest absolute Gasteiger partial charge is 0.269 e. The lowest BCUT2D eigenvalue weighted by Crippen LogP contribution is -2.37. The van der Waals surface area contributed by atoms with Gasteiger partial charge in [-0.2, -0.15) is 0 Å². The van der Waals surface area contributed by atoms with Crippen molar-refractivity contribution < 1.29 is 23.7 Å². The maximum atomic E-state index is 13.5. The van der Waals surface area contributed by atoms with Gasteiger partial charge in [-0.1, -0.05) is 29.8 Å². The van der Waals surface area contributed by atoms with E-state index in [4.69, 9.17) is 16.4 Å². The van der Waals surface area contributed by atoms with Gasteiger partial charge < -0.3 is 0 Å². The van der Waals surface area contributed by atoms with E-state index in [0.717, 1.165) is 17.0 Å². The molecule has 0 saturated carbocycles. The SMILES string of the molecule is O=C1[C@H]2[C@@H](ON(c3ccccc3)[C@H]2c2cc([N+](=O)[O-])ccc2Cl)C(=O)N1c1ccc(F)cc1. The first-order valence-electron chi connectivity index (χ1n) is 9.95. The Morgan fingerprint density at radius 1 is 0.939 bits per heavy atom. The minimum absolute atomic E-state index is 0.191. The van der Waals surface area contributed by atoms with Crippen LogP contribution in [0.2, 0.25) is 5.02 Å². The van der Waals surface area contributed by atoms with Crippen LogP contribution in [-0.2, 0) is 14.4 Å². The zero-order valence-electron chi connectivity index (χ0n) is 16.8. The minimum atomic E-state index is -1.18. The highest BCUT2D eigenvalue weighted by Gasteiger charge is 2.60. The Hall–Kier alpha value is -3.82. The molecule has 166 valence electrons. The number of carbonyl (C=O) groups excluding carboxylic acids is 2. The zero-order chi connectivity index (χ0) is 23.3. The second-order valence-corrected chi connectivity index (χ2v) is 8.02. The molecule has 5 rings (SSSR count). The second-order valence-electron chi connectivity index (χ2n) is 7.61. The molecule has 33 heavy (non-hydrogen) atoms. The molecule has 0 unspecified atom stereocenters. The first-order valence-corrected chi connectivity index (χ1v) is 10.3. The van der Waals surface area contributed by atoms with Crippen molar-refractivity contribution in [3.8, 4) is 0 Å². The molecule has 3 aromatic rings. The molecule has 2 saturated heterocycles. The number of nitrogens with zero attached hydrogens (tertiary/aromatic N) is 3. The summed E-state index contributed by atoms with van der Waals surface area (Å²) in [5, 5.41) is 13.0. The van der Waals surface area contributed by atoms with Crippen molar-refractivity contribution >= 4 is 40.5 Å². The molecule has 2 amide bonds. The maximum Gasteiger partial charge on any atom is 0.269 e. The zero-order valence-corrected chi connectivity index (χ0v) is 17.6. The lowest BCUT2D eigenvalue weighted by Gasteiger charge is -2.29. The van der Waals surface area contributed by atoms with Gasteiger partial charge in [-0.15, -0.1) is 0 Å². The van der Waals surface area contributed by atoms with Crippen LogP contribution in [0.3, 0.4) is 0 Å². The number of carbonyl (C=O) groups is 2. The Bertz CT molecular complexity index is 1270. The van der Waals surface area contributed by atoms with Crippen LogP contribution >= 0.6 is 11.6 Å². The predicted octanol–water partition coefficient (Wildman–Crippen LogP) is 4.44. The summed E-state index contributed by atoms with van der Waals surface area (Å²) in [6.45, 7) is 0. The van der Waals surface area contributed by atoms with Crippen molar-refractivity contribution in [3.63, 3.8) is 0 Å². The average molecular weight is 468 g/mol. The summed E-state index contributed by atoms with van der Waals surface area (Å²) in [5.74, 6) is -2.71. The molecule has 0 radical (unpaired) electrons. The number of hydrogen-bond acceptors (Lipinski definition) is 6. The highest BCUT2D eigenvalue weighted by Crippen LogP contribution is 2.49. The van der Waals surface area contributed by atoms with E-state index in [9.17, 15) is 24.1 Å². The van der Waals surface area contributed by atoms with Gasteiger partial charge in [-0.05, 0) is 42.5 Å². The van der Waals surface area contributed by atoms with Crippen molar-refractivity contribution in [2.75, 3.05) is 9.96 Å². The number of non-ortho nitro benzene ring substituents is 1. The predicted molar refractivity (Wildman–Crippen MR) is 117 cm³/mol. The Morgan fingerprint density at radius 3 is 2.30 bits per heavy atom. The lowest BCUT2D eigenvalue weighted by atomic mass is 9.90. The number of para-hydroxylation sites is 1. The molecule has 0 aliphatic carbocycles. The topological polar surface area (TPSA) is 93.0 Å². The van der Waals surface area contributed by atoms with E-state index in [-0.39, 0.29) is 22.0 Å². The molecule has 10 heteroatoms. The van der Waals surface area contributed by atoms with Crippen LogP contribution in [0, 0.1) is 21.8 Å². The highest BCUT2D eigenvalue weighted by atomic mass is 35.5. The summed E-state index contributed by atoms with van der Waals surface area (Å²) in [7, 11) is 0. The molecule has 8 nitrogen and oxygen atoms in total. The molecule has 2 fully saturated rings. The third-order valence-electron chi connectivity index (χ3n) is 5.72. The van der Waals surface area contributed by atoms with Crippen molar-refractivity contribution in [2.24, 2.45) is 5.92 Å². The van der Waals surface area contributed by atoms with Crippen molar-refractivity contribution in [1.29, 1.82) is 0 Å². The molecule has 3 atom stereocenters. The number of halogens is 2. The van der Waals surface area contributed by atoms with Crippen LogP contribution in [0.5, 0.6) is 0 Å². The van der Waals surface area contributed by atoms with E-state index in [1.807, 2.05) is 0 Å².